The zero-order chi connectivity index (χ0) is 13.1. The average Bonchev–Trinajstić information content (AvgIpc) is 2.38. The van der Waals surface area contributed by atoms with Crippen LogP contribution in [0.25, 0.3) is 0 Å². The van der Waals surface area contributed by atoms with Crippen molar-refractivity contribution >= 4 is 11.4 Å². The van der Waals surface area contributed by atoms with Crippen LogP contribution in [0.1, 0.15) is 18.4 Å². The summed E-state index contributed by atoms with van der Waals surface area (Å²) in [5, 5.41) is 29.1. The summed E-state index contributed by atoms with van der Waals surface area (Å²) in [5.74, 6) is 0. The number of hydrogen-bond donors (Lipinski definition) is 1. The highest BCUT2D eigenvalue weighted by atomic mass is 16.6. The lowest BCUT2D eigenvalue weighted by molar-refractivity contribution is -0.385. The Hall–Kier alpha value is -2.13. The molecule has 0 atom stereocenters. The topological polar surface area (TPSA) is 90.4 Å². The van der Waals surface area contributed by atoms with Gasteiger partial charge in [0.1, 0.15) is 11.6 Å². The summed E-state index contributed by atoms with van der Waals surface area (Å²) in [6.07, 6.45) is 1.09. The van der Waals surface area contributed by atoms with E-state index in [1.807, 2.05) is 11.0 Å². The van der Waals surface area contributed by atoms with E-state index in [1.54, 1.807) is 6.07 Å². The molecule has 0 aromatic heterocycles. The summed E-state index contributed by atoms with van der Waals surface area (Å²) >= 11 is 0. The molecule has 0 amide bonds. The molecular formula is C12H13N3O3. The summed E-state index contributed by atoms with van der Waals surface area (Å²) in [5.41, 5.74) is 0.700. The summed E-state index contributed by atoms with van der Waals surface area (Å²) < 4.78 is 0. The van der Waals surface area contributed by atoms with Crippen molar-refractivity contribution in [1.29, 1.82) is 5.26 Å². The van der Waals surface area contributed by atoms with Crippen LogP contribution in [-0.2, 0) is 0 Å². The van der Waals surface area contributed by atoms with E-state index >= 15 is 0 Å². The van der Waals surface area contributed by atoms with Crippen molar-refractivity contribution in [3.05, 3.63) is 33.9 Å². The number of aliphatic hydroxyl groups is 1. The van der Waals surface area contributed by atoms with Gasteiger partial charge in [-0.05, 0) is 25.0 Å². The third-order valence-corrected chi connectivity index (χ3v) is 3.13. The van der Waals surface area contributed by atoms with Crippen molar-refractivity contribution in [2.45, 2.75) is 18.9 Å². The van der Waals surface area contributed by atoms with Crippen LogP contribution in [0.5, 0.6) is 0 Å². The van der Waals surface area contributed by atoms with Crippen molar-refractivity contribution in [1.82, 2.24) is 0 Å². The number of nitro benzene ring substituents is 1. The Morgan fingerprint density at radius 1 is 1.44 bits per heavy atom. The van der Waals surface area contributed by atoms with Gasteiger partial charge in [0.15, 0.2) is 0 Å². The molecule has 1 heterocycles. The van der Waals surface area contributed by atoms with Crippen LogP contribution >= 0.6 is 0 Å². The van der Waals surface area contributed by atoms with Gasteiger partial charge in [-0.2, -0.15) is 5.26 Å². The first kappa shape index (κ1) is 12.3. The highest BCUT2D eigenvalue weighted by molar-refractivity contribution is 5.60. The highest BCUT2D eigenvalue weighted by Gasteiger charge is 2.20. The number of rotatable bonds is 2. The number of hydrogen-bond acceptors (Lipinski definition) is 5. The van der Waals surface area contributed by atoms with Gasteiger partial charge in [0.2, 0.25) is 0 Å². The second-order valence-corrected chi connectivity index (χ2v) is 4.29. The summed E-state index contributed by atoms with van der Waals surface area (Å²) in [6, 6.07) is 6.39. The van der Waals surface area contributed by atoms with Crippen molar-refractivity contribution < 1.29 is 10.0 Å². The number of anilines is 1. The first-order chi connectivity index (χ1) is 8.61. The van der Waals surface area contributed by atoms with Crippen LogP contribution in [0, 0.1) is 21.4 Å². The maximum absolute atomic E-state index is 10.7. The molecule has 1 aliphatic rings. The molecule has 0 saturated carbocycles. The largest absolute Gasteiger partial charge is 0.393 e. The van der Waals surface area contributed by atoms with Gasteiger partial charge in [-0.3, -0.25) is 10.1 Å². The lowest BCUT2D eigenvalue weighted by Crippen LogP contribution is -2.35. The summed E-state index contributed by atoms with van der Waals surface area (Å²) in [6.45, 7) is 1.40. The zero-order valence-electron chi connectivity index (χ0n) is 9.74. The quantitative estimate of drug-likeness (QED) is 0.630. The number of benzene rings is 1. The number of nitrogens with zero attached hydrogens (tertiary/aromatic N) is 3. The zero-order valence-corrected chi connectivity index (χ0v) is 9.74. The minimum absolute atomic E-state index is 0.0728. The van der Waals surface area contributed by atoms with E-state index in [1.165, 1.54) is 12.1 Å². The predicted octanol–water partition coefficient (Wildman–Crippen LogP) is 1.43. The van der Waals surface area contributed by atoms with Gasteiger partial charge in [0, 0.05) is 24.8 Å². The SMILES string of the molecule is N#Cc1cc(N2CCC(O)CC2)ccc1[N+](=O)[O-]. The first-order valence-corrected chi connectivity index (χ1v) is 5.73. The fourth-order valence-corrected chi connectivity index (χ4v) is 2.09. The molecule has 0 spiro atoms. The molecule has 18 heavy (non-hydrogen) atoms. The maximum Gasteiger partial charge on any atom is 0.287 e. The van der Waals surface area contributed by atoms with E-state index in [-0.39, 0.29) is 17.4 Å². The van der Waals surface area contributed by atoms with Gasteiger partial charge < -0.3 is 10.0 Å². The molecule has 2 rings (SSSR count). The Labute approximate surface area is 104 Å². The van der Waals surface area contributed by atoms with Gasteiger partial charge in [0.05, 0.1) is 11.0 Å². The van der Waals surface area contributed by atoms with Gasteiger partial charge in [-0.15, -0.1) is 0 Å². The van der Waals surface area contributed by atoms with E-state index in [9.17, 15) is 15.2 Å². The normalized spacial score (nSPS) is 16.3. The Kier molecular flexibility index (Phi) is 3.44. The van der Waals surface area contributed by atoms with Crippen molar-refractivity contribution in [3.63, 3.8) is 0 Å². The number of nitriles is 1. The van der Waals surface area contributed by atoms with Gasteiger partial charge >= 0.3 is 0 Å². The van der Waals surface area contributed by atoms with Gasteiger partial charge in [0.25, 0.3) is 5.69 Å². The van der Waals surface area contributed by atoms with E-state index in [2.05, 4.69) is 0 Å². The molecule has 1 saturated heterocycles. The van der Waals surface area contributed by atoms with E-state index in [4.69, 9.17) is 5.26 Å². The lowest BCUT2D eigenvalue weighted by Gasteiger charge is -2.31. The maximum atomic E-state index is 10.7. The van der Waals surface area contributed by atoms with E-state index in [0.717, 1.165) is 5.69 Å². The van der Waals surface area contributed by atoms with Crippen molar-refractivity contribution in [2.24, 2.45) is 0 Å². The van der Waals surface area contributed by atoms with Crippen LogP contribution < -0.4 is 4.90 Å². The minimum atomic E-state index is -0.553. The molecule has 1 N–H and O–H groups in total. The molecule has 1 aliphatic heterocycles. The van der Waals surface area contributed by atoms with Crippen LogP contribution in [-0.4, -0.2) is 29.2 Å². The van der Waals surface area contributed by atoms with Crippen molar-refractivity contribution in [2.75, 3.05) is 18.0 Å². The molecule has 0 radical (unpaired) electrons. The minimum Gasteiger partial charge on any atom is -0.393 e. The fourth-order valence-electron chi connectivity index (χ4n) is 2.09. The highest BCUT2D eigenvalue weighted by Crippen LogP contribution is 2.26. The van der Waals surface area contributed by atoms with E-state index in [0.29, 0.717) is 25.9 Å². The molecule has 6 nitrogen and oxygen atoms in total. The monoisotopic (exact) mass is 247 g/mol. The molecular weight excluding hydrogens is 234 g/mol. The molecule has 0 bridgehead atoms. The van der Waals surface area contributed by atoms with Crippen LogP contribution in [0.4, 0.5) is 11.4 Å². The number of piperidine rings is 1. The molecule has 0 unspecified atom stereocenters. The molecule has 6 heteroatoms. The van der Waals surface area contributed by atoms with Gasteiger partial charge in [-0.25, -0.2) is 0 Å². The van der Waals surface area contributed by atoms with Crippen LogP contribution in [0.3, 0.4) is 0 Å². The first-order valence-electron chi connectivity index (χ1n) is 5.73. The Bertz CT molecular complexity index is 502. The van der Waals surface area contributed by atoms with Gasteiger partial charge in [-0.1, -0.05) is 0 Å². The average molecular weight is 247 g/mol. The fraction of sp³-hybridized carbons (Fsp3) is 0.417. The lowest BCUT2D eigenvalue weighted by atomic mass is 10.1. The number of nitro groups is 1. The van der Waals surface area contributed by atoms with Crippen molar-refractivity contribution in [3.8, 4) is 6.07 Å². The summed E-state index contributed by atoms with van der Waals surface area (Å²) in [7, 11) is 0. The molecule has 1 aromatic carbocycles. The molecule has 0 aliphatic carbocycles. The third-order valence-electron chi connectivity index (χ3n) is 3.13. The molecule has 1 fully saturated rings. The Morgan fingerprint density at radius 2 is 2.11 bits per heavy atom. The third kappa shape index (κ3) is 2.41. The second-order valence-electron chi connectivity index (χ2n) is 4.29. The molecule has 1 aromatic rings. The standard InChI is InChI=1S/C12H13N3O3/c13-8-9-7-10(1-2-12(9)15(17)18)14-5-3-11(16)4-6-14/h1-2,7,11,16H,3-6H2. The Balaban J connectivity index is 2.25. The predicted molar refractivity (Wildman–Crippen MR) is 65.3 cm³/mol. The summed E-state index contributed by atoms with van der Waals surface area (Å²) in [4.78, 5) is 12.2. The smallest absolute Gasteiger partial charge is 0.287 e. The molecule has 94 valence electrons. The van der Waals surface area contributed by atoms with E-state index < -0.39 is 4.92 Å². The number of aliphatic hydroxyl groups excluding tert-OH is 1. The van der Waals surface area contributed by atoms with Crippen LogP contribution in [0.2, 0.25) is 0 Å². The van der Waals surface area contributed by atoms with Crippen LogP contribution in [0.15, 0.2) is 18.2 Å². The second kappa shape index (κ2) is 5.02. The Morgan fingerprint density at radius 3 is 2.67 bits per heavy atom.